The molecule has 3 N–H and O–H groups in total. The van der Waals surface area contributed by atoms with Crippen LogP contribution in [0.25, 0.3) is 0 Å². The van der Waals surface area contributed by atoms with E-state index in [4.69, 9.17) is 16.3 Å². The van der Waals surface area contributed by atoms with Crippen LogP contribution >= 0.6 is 11.6 Å². The van der Waals surface area contributed by atoms with Crippen molar-refractivity contribution in [1.29, 1.82) is 0 Å². The molecule has 1 aliphatic rings. The zero-order valence-corrected chi connectivity index (χ0v) is 15.1. The number of rotatable bonds is 7. The van der Waals surface area contributed by atoms with Gasteiger partial charge in [0.25, 0.3) is 5.91 Å². The average molecular weight is 374 g/mol. The molecule has 3 rings (SSSR count). The summed E-state index contributed by atoms with van der Waals surface area (Å²) < 4.78 is 5.23. The highest BCUT2D eigenvalue weighted by atomic mass is 35.5. The van der Waals surface area contributed by atoms with Crippen molar-refractivity contribution in [3.63, 3.8) is 0 Å². The summed E-state index contributed by atoms with van der Waals surface area (Å²) in [4.78, 5) is 24.3. The van der Waals surface area contributed by atoms with Gasteiger partial charge in [-0.3, -0.25) is 9.59 Å². The Morgan fingerprint density at radius 1 is 1.19 bits per heavy atom. The lowest BCUT2D eigenvalue weighted by Gasteiger charge is -2.12. The molecule has 2 aromatic rings. The number of nitrogens with one attached hydrogen (secondary N) is 3. The van der Waals surface area contributed by atoms with Crippen LogP contribution in [0.4, 0.5) is 11.4 Å². The van der Waals surface area contributed by atoms with Crippen molar-refractivity contribution in [2.24, 2.45) is 0 Å². The van der Waals surface area contributed by atoms with Crippen molar-refractivity contribution in [3.8, 4) is 5.75 Å². The van der Waals surface area contributed by atoms with E-state index in [1.54, 1.807) is 49.6 Å². The second-order valence-corrected chi connectivity index (χ2v) is 6.51. The molecule has 0 saturated heterocycles. The molecular weight excluding hydrogens is 354 g/mol. The van der Waals surface area contributed by atoms with Crippen LogP contribution in [0.15, 0.2) is 42.5 Å². The molecular formula is C19H20ClN3O3. The minimum atomic E-state index is -0.244. The van der Waals surface area contributed by atoms with Crippen LogP contribution in [0, 0.1) is 0 Å². The third kappa shape index (κ3) is 4.89. The molecule has 0 atom stereocenters. The van der Waals surface area contributed by atoms with Gasteiger partial charge in [-0.05, 0) is 49.2 Å². The third-order valence-electron chi connectivity index (χ3n) is 3.92. The first-order valence-electron chi connectivity index (χ1n) is 8.33. The molecule has 2 amide bonds. The van der Waals surface area contributed by atoms with E-state index in [-0.39, 0.29) is 24.4 Å². The van der Waals surface area contributed by atoms with E-state index in [9.17, 15) is 9.59 Å². The van der Waals surface area contributed by atoms with Crippen LogP contribution in [-0.2, 0) is 4.79 Å². The fourth-order valence-corrected chi connectivity index (χ4v) is 2.61. The Bertz CT molecular complexity index is 821. The van der Waals surface area contributed by atoms with Crippen molar-refractivity contribution in [1.82, 2.24) is 5.32 Å². The summed E-state index contributed by atoms with van der Waals surface area (Å²) in [5, 5.41) is 9.24. The van der Waals surface area contributed by atoms with Gasteiger partial charge >= 0.3 is 0 Å². The van der Waals surface area contributed by atoms with Crippen LogP contribution in [-0.4, -0.2) is 31.5 Å². The lowest BCUT2D eigenvalue weighted by Crippen LogP contribution is -2.26. The fraction of sp³-hybridized carbons (Fsp3) is 0.263. The van der Waals surface area contributed by atoms with Gasteiger partial charge in [0.2, 0.25) is 5.91 Å². The zero-order valence-electron chi connectivity index (χ0n) is 14.3. The largest absolute Gasteiger partial charge is 0.495 e. The molecule has 0 bridgehead atoms. The summed E-state index contributed by atoms with van der Waals surface area (Å²) in [5.74, 6) is 0.234. The van der Waals surface area contributed by atoms with Crippen molar-refractivity contribution < 1.29 is 14.3 Å². The molecule has 0 unspecified atom stereocenters. The molecule has 7 heteroatoms. The van der Waals surface area contributed by atoms with Crippen molar-refractivity contribution in [2.75, 3.05) is 24.3 Å². The molecule has 0 aromatic heterocycles. The molecule has 1 fully saturated rings. The van der Waals surface area contributed by atoms with E-state index in [2.05, 4.69) is 16.0 Å². The first-order valence-corrected chi connectivity index (χ1v) is 8.71. The normalized spacial score (nSPS) is 13.0. The predicted octanol–water partition coefficient (Wildman–Crippen LogP) is 3.29. The highest BCUT2D eigenvalue weighted by molar-refractivity contribution is 6.31. The third-order valence-corrected chi connectivity index (χ3v) is 4.16. The second kappa shape index (κ2) is 8.10. The van der Waals surface area contributed by atoms with Gasteiger partial charge in [-0.25, -0.2) is 0 Å². The Morgan fingerprint density at radius 2 is 2.00 bits per heavy atom. The Kier molecular flexibility index (Phi) is 5.63. The van der Waals surface area contributed by atoms with Crippen LogP contribution in [0.2, 0.25) is 5.02 Å². The molecule has 1 aliphatic carbocycles. The quantitative estimate of drug-likeness (QED) is 0.695. The highest BCUT2D eigenvalue weighted by Gasteiger charge is 2.23. The Balaban J connectivity index is 1.58. The van der Waals surface area contributed by atoms with Gasteiger partial charge in [0.15, 0.2) is 0 Å². The summed E-state index contributed by atoms with van der Waals surface area (Å²) in [6.45, 7) is 0.0369. The van der Waals surface area contributed by atoms with Gasteiger partial charge in [-0.2, -0.15) is 0 Å². The average Bonchev–Trinajstić information content (AvgIpc) is 3.44. The number of amides is 2. The minimum absolute atomic E-state index is 0.0369. The lowest BCUT2D eigenvalue weighted by atomic mass is 10.2. The van der Waals surface area contributed by atoms with Crippen LogP contribution < -0.4 is 20.7 Å². The molecule has 0 aliphatic heterocycles. The molecule has 6 nitrogen and oxygen atoms in total. The number of methoxy groups -OCH3 is 1. The zero-order chi connectivity index (χ0) is 18.5. The van der Waals surface area contributed by atoms with Gasteiger partial charge in [-0.15, -0.1) is 0 Å². The summed E-state index contributed by atoms with van der Waals surface area (Å²) >= 11 is 5.97. The number of anilines is 2. The second-order valence-electron chi connectivity index (χ2n) is 6.07. The number of carbonyl (C=O) groups is 2. The molecule has 26 heavy (non-hydrogen) atoms. The molecule has 0 radical (unpaired) electrons. The Hall–Kier alpha value is -2.73. The monoisotopic (exact) mass is 373 g/mol. The standard InChI is InChI=1S/C19H20ClN3O3/c1-26-17-8-5-13(20)10-16(17)21-11-18(24)22-15-4-2-3-12(9-15)19(25)23-14-6-7-14/h2-5,8-10,14,21H,6-7,11H2,1H3,(H,22,24)(H,23,25). The first-order chi connectivity index (χ1) is 12.5. The highest BCUT2D eigenvalue weighted by Crippen LogP contribution is 2.27. The SMILES string of the molecule is COc1ccc(Cl)cc1NCC(=O)Nc1cccc(C(=O)NC2CC2)c1. The Labute approximate surface area is 156 Å². The van der Waals surface area contributed by atoms with Gasteiger partial charge in [0, 0.05) is 22.3 Å². The van der Waals surface area contributed by atoms with E-state index in [1.165, 1.54) is 0 Å². The smallest absolute Gasteiger partial charge is 0.251 e. The maximum atomic E-state index is 12.2. The fourth-order valence-electron chi connectivity index (χ4n) is 2.43. The van der Waals surface area contributed by atoms with E-state index in [0.717, 1.165) is 12.8 Å². The number of hydrogen-bond donors (Lipinski definition) is 3. The maximum Gasteiger partial charge on any atom is 0.251 e. The summed E-state index contributed by atoms with van der Waals surface area (Å²) in [5.41, 5.74) is 1.73. The molecule has 0 spiro atoms. The number of benzene rings is 2. The molecule has 2 aromatic carbocycles. The predicted molar refractivity (Wildman–Crippen MR) is 102 cm³/mol. The summed E-state index contributed by atoms with van der Waals surface area (Å²) in [6, 6.07) is 12.3. The van der Waals surface area contributed by atoms with E-state index >= 15 is 0 Å². The molecule has 0 heterocycles. The van der Waals surface area contributed by atoms with Crippen molar-refractivity contribution in [3.05, 3.63) is 53.1 Å². The van der Waals surface area contributed by atoms with Gasteiger partial charge in [0.1, 0.15) is 5.75 Å². The lowest BCUT2D eigenvalue weighted by molar-refractivity contribution is -0.114. The minimum Gasteiger partial charge on any atom is -0.495 e. The van der Waals surface area contributed by atoms with Gasteiger partial charge in [0.05, 0.1) is 19.3 Å². The molecule has 136 valence electrons. The van der Waals surface area contributed by atoms with E-state index < -0.39 is 0 Å². The topological polar surface area (TPSA) is 79.5 Å². The molecule has 1 saturated carbocycles. The van der Waals surface area contributed by atoms with Crippen LogP contribution in [0.5, 0.6) is 5.75 Å². The number of ether oxygens (including phenoxy) is 1. The number of carbonyl (C=O) groups excluding carboxylic acids is 2. The van der Waals surface area contributed by atoms with Gasteiger partial charge < -0.3 is 20.7 Å². The van der Waals surface area contributed by atoms with Crippen LogP contribution in [0.1, 0.15) is 23.2 Å². The van der Waals surface area contributed by atoms with Crippen molar-refractivity contribution >= 4 is 34.8 Å². The van der Waals surface area contributed by atoms with E-state index in [0.29, 0.717) is 27.7 Å². The first kappa shape index (κ1) is 18.1. The Morgan fingerprint density at radius 3 is 2.73 bits per heavy atom. The van der Waals surface area contributed by atoms with Crippen LogP contribution in [0.3, 0.4) is 0 Å². The number of halogens is 1. The van der Waals surface area contributed by atoms with E-state index in [1.807, 2.05) is 0 Å². The van der Waals surface area contributed by atoms with Crippen molar-refractivity contribution in [2.45, 2.75) is 18.9 Å². The van der Waals surface area contributed by atoms with Gasteiger partial charge in [-0.1, -0.05) is 17.7 Å². The number of hydrogen-bond acceptors (Lipinski definition) is 4. The summed E-state index contributed by atoms with van der Waals surface area (Å²) in [7, 11) is 1.55. The maximum absolute atomic E-state index is 12.2. The summed E-state index contributed by atoms with van der Waals surface area (Å²) in [6.07, 6.45) is 2.06.